The lowest BCUT2D eigenvalue weighted by Crippen LogP contribution is -2.30. The molecule has 156 valence electrons. The number of hydrogen-bond acceptors (Lipinski definition) is 5. The summed E-state index contributed by atoms with van der Waals surface area (Å²) >= 11 is 0. The maximum atomic E-state index is 12.5. The summed E-state index contributed by atoms with van der Waals surface area (Å²) in [5, 5.41) is 14.1. The molecule has 0 fully saturated rings. The molecule has 1 amide bonds. The van der Waals surface area contributed by atoms with Crippen molar-refractivity contribution < 1.29 is 14.3 Å². The summed E-state index contributed by atoms with van der Waals surface area (Å²) < 4.78 is 5.21. The van der Waals surface area contributed by atoms with E-state index in [9.17, 15) is 14.9 Å². The quantitative estimate of drug-likeness (QED) is 0.368. The van der Waals surface area contributed by atoms with Crippen LogP contribution in [0.15, 0.2) is 72.3 Å². The van der Waals surface area contributed by atoms with Gasteiger partial charge < -0.3 is 15.0 Å². The molecule has 0 aliphatic rings. The first-order valence-electron chi connectivity index (χ1n) is 9.77. The van der Waals surface area contributed by atoms with Crippen molar-refractivity contribution in [1.29, 1.82) is 5.26 Å². The van der Waals surface area contributed by atoms with Crippen LogP contribution >= 0.6 is 0 Å². The first-order chi connectivity index (χ1) is 14.9. The molecule has 0 unspecified atom stereocenters. The van der Waals surface area contributed by atoms with Gasteiger partial charge in [0.2, 0.25) is 0 Å². The molecule has 0 radical (unpaired) electrons. The van der Waals surface area contributed by atoms with Crippen molar-refractivity contribution in [3.8, 4) is 6.07 Å². The number of hydrogen-bond donors (Lipinski definition) is 1. The zero-order valence-electron chi connectivity index (χ0n) is 17.6. The normalized spacial score (nSPS) is 12.0. The number of amides is 1. The third-order valence-electron chi connectivity index (χ3n) is 4.73. The van der Waals surface area contributed by atoms with Crippen LogP contribution in [0.5, 0.6) is 0 Å². The van der Waals surface area contributed by atoms with Crippen molar-refractivity contribution in [3.05, 3.63) is 77.9 Å². The van der Waals surface area contributed by atoms with Gasteiger partial charge >= 0.3 is 5.97 Å². The van der Waals surface area contributed by atoms with E-state index in [1.54, 1.807) is 18.2 Å². The lowest BCUT2D eigenvalue weighted by molar-refractivity contribution is -0.148. The summed E-state index contributed by atoms with van der Waals surface area (Å²) in [6, 6.07) is 22.5. The number of nitriles is 1. The second-order valence-corrected chi connectivity index (χ2v) is 7.25. The number of benzene rings is 3. The molecule has 0 aliphatic heterocycles. The maximum absolute atomic E-state index is 12.5. The van der Waals surface area contributed by atoms with Gasteiger partial charge in [-0.15, -0.1) is 0 Å². The van der Waals surface area contributed by atoms with Crippen molar-refractivity contribution in [2.24, 2.45) is 0 Å². The highest BCUT2D eigenvalue weighted by Gasteiger charge is 2.21. The summed E-state index contributed by atoms with van der Waals surface area (Å²) in [5.41, 5.74) is 2.11. The third-order valence-corrected chi connectivity index (χ3v) is 4.73. The number of rotatable bonds is 6. The van der Waals surface area contributed by atoms with E-state index in [1.807, 2.05) is 73.6 Å². The van der Waals surface area contributed by atoms with E-state index in [4.69, 9.17) is 4.74 Å². The van der Waals surface area contributed by atoms with Crippen molar-refractivity contribution in [1.82, 2.24) is 0 Å². The zero-order chi connectivity index (χ0) is 22.4. The molecule has 1 N–H and O–H groups in total. The molecule has 0 aliphatic carbocycles. The summed E-state index contributed by atoms with van der Waals surface area (Å²) in [6.07, 6.45) is 0.377. The van der Waals surface area contributed by atoms with Crippen LogP contribution in [0.25, 0.3) is 16.8 Å². The molecular weight excluding hydrogens is 390 g/mol. The Kier molecular flexibility index (Phi) is 6.68. The Hall–Kier alpha value is -4.11. The van der Waals surface area contributed by atoms with Gasteiger partial charge in [0.25, 0.3) is 5.91 Å². The summed E-state index contributed by atoms with van der Waals surface area (Å²) in [5.74, 6) is -1.32. The van der Waals surface area contributed by atoms with E-state index in [-0.39, 0.29) is 5.57 Å². The van der Waals surface area contributed by atoms with Crippen molar-refractivity contribution in [2.45, 2.75) is 13.0 Å². The minimum Gasteiger partial charge on any atom is -0.448 e. The predicted molar refractivity (Wildman–Crippen MR) is 122 cm³/mol. The predicted octanol–water partition coefficient (Wildman–Crippen LogP) is 4.38. The molecule has 0 heterocycles. The molecule has 3 rings (SSSR count). The van der Waals surface area contributed by atoms with Crippen molar-refractivity contribution in [3.63, 3.8) is 0 Å². The average molecular weight is 413 g/mol. The Bertz CT molecular complexity index is 1170. The van der Waals surface area contributed by atoms with E-state index in [0.29, 0.717) is 11.3 Å². The van der Waals surface area contributed by atoms with Crippen molar-refractivity contribution >= 4 is 40.1 Å². The Balaban J connectivity index is 1.65. The number of ether oxygens (including phenoxy) is 1. The molecule has 1 atom stereocenters. The maximum Gasteiger partial charge on any atom is 0.349 e. The SMILES string of the molecule is C[C@@H](OC(=O)/C(C#N)=C/c1ccc(N(C)C)cc1)C(=O)Nc1ccc2ccccc2c1. The van der Waals surface area contributed by atoms with Gasteiger partial charge in [0.1, 0.15) is 11.6 Å². The minimum absolute atomic E-state index is 0.178. The van der Waals surface area contributed by atoms with E-state index in [1.165, 1.54) is 13.0 Å². The third kappa shape index (κ3) is 5.49. The van der Waals surface area contributed by atoms with E-state index < -0.39 is 18.0 Å². The highest BCUT2D eigenvalue weighted by Crippen LogP contribution is 2.19. The van der Waals surface area contributed by atoms with E-state index >= 15 is 0 Å². The first-order valence-corrected chi connectivity index (χ1v) is 9.77. The molecule has 0 aromatic heterocycles. The highest BCUT2D eigenvalue weighted by molar-refractivity contribution is 6.01. The molecule has 0 spiro atoms. The molecule has 0 bridgehead atoms. The minimum atomic E-state index is -1.06. The number of carbonyl (C=O) groups is 2. The van der Waals surface area contributed by atoms with Crippen LogP contribution in [0.2, 0.25) is 0 Å². The first kappa shape index (κ1) is 21.6. The molecule has 0 saturated heterocycles. The number of anilines is 2. The molecule has 3 aromatic carbocycles. The number of carbonyl (C=O) groups excluding carboxylic acids is 2. The molecule has 0 saturated carbocycles. The second-order valence-electron chi connectivity index (χ2n) is 7.25. The Morgan fingerprint density at radius 3 is 2.35 bits per heavy atom. The van der Waals surface area contributed by atoms with Crippen LogP contribution in [-0.2, 0) is 14.3 Å². The molecular formula is C25H23N3O3. The Labute approximate surface area is 181 Å². The average Bonchev–Trinajstić information content (AvgIpc) is 2.77. The summed E-state index contributed by atoms with van der Waals surface area (Å²) in [7, 11) is 3.85. The smallest absolute Gasteiger partial charge is 0.349 e. The van der Waals surface area contributed by atoms with Crippen LogP contribution in [0.4, 0.5) is 11.4 Å². The standard InChI is InChI=1S/C25H23N3O3/c1-17(24(29)27-22-11-10-19-6-4-5-7-20(19)15-22)31-25(30)21(16-26)14-18-8-12-23(13-9-18)28(2)3/h4-15,17H,1-3H3,(H,27,29)/b21-14+/t17-/m1/s1. The lowest BCUT2D eigenvalue weighted by Gasteiger charge is -2.14. The van der Waals surface area contributed by atoms with E-state index in [2.05, 4.69) is 5.32 Å². The van der Waals surface area contributed by atoms with Crippen LogP contribution in [0, 0.1) is 11.3 Å². The molecule has 31 heavy (non-hydrogen) atoms. The fraction of sp³-hybridized carbons (Fsp3) is 0.160. The fourth-order valence-corrected chi connectivity index (χ4v) is 2.96. The van der Waals surface area contributed by atoms with Gasteiger partial charge in [-0.1, -0.05) is 42.5 Å². The summed E-state index contributed by atoms with van der Waals surface area (Å²) in [6.45, 7) is 1.47. The highest BCUT2D eigenvalue weighted by atomic mass is 16.5. The number of esters is 1. The van der Waals surface area contributed by atoms with Crippen LogP contribution in [-0.4, -0.2) is 32.1 Å². The zero-order valence-corrected chi connectivity index (χ0v) is 17.6. The molecule has 6 heteroatoms. The molecule has 6 nitrogen and oxygen atoms in total. The number of fused-ring (bicyclic) bond motifs is 1. The van der Waals surface area contributed by atoms with Gasteiger partial charge in [-0.05, 0) is 53.6 Å². The summed E-state index contributed by atoms with van der Waals surface area (Å²) in [4.78, 5) is 26.8. The fourth-order valence-electron chi connectivity index (χ4n) is 2.96. The van der Waals surface area contributed by atoms with E-state index in [0.717, 1.165) is 16.5 Å². The Morgan fingerprint density at radius 1 is 1.03 bits per heavy atom. The number of nitrogens with one attached hydrogen (secondary N) is 1. The Morgan fingerprint density at radius 2 is 1.71 bits per heavy atom. The molecule has 3 aromatic rings. The van der Waals surface area contributed by atoms with Gasteiger partial charge in [0.05, 0.1) is 0 Å². The van der Waals surface area contributed by atoms with Gasteiger partial charge in [0, 0.05) is 25.5 Å². The van der Waals surface area contributed by atoms with Gasteiger partial charge in [-0.2, -0.15) is 5.26 Å². The second kappa shape index (κ2) is 9.59. The number of nitrogens with zero attached hydrogens (tertiary/aromatic N) is 2. The lowest BCUT2D eigenvalue weighted by atomic mass is 10.1. The largest absolute Gasteiger partial charge is 0.448 e. The van der Waals surface area contributed by atoms with Crippen LogP contribution in [0.3, 0.4) is 0 Å². The monoisotopic (exact) mass is 413 g/mol. The van der Waals surface area contributed by atoms with Gasteiger partial charge in [-0.3, -0.25) is 4.79 Å². The topological polar surface area (TPSA) is 82.4 Å². The van der Waals surface area contributed by atoms with Gasteiger partial charge in [0.15, 0.2) is 6.10 Å². The van der Waals surface area contributed by atoms with Gasteiger partial charge in [-0.25, -0.2) is 4.79 Å². The van der Waals surface area contributed by atoms with Crippen LogP contribution in [0.1, 0.15) is 12.5 Å². The van der Waals surface area contributed by atoms with Crippen LogP contribution < -0.4 is 10.2 Å². The van der Waals surface area contributed by atoms with Crippen molar-refractivity contribution in [2.75, 3.05) is 24.3 Å².